The Kier molecular flexibility index (Phi) is 4.01. The number of hydrogen-bond acceptors (Lipinski definition) is 2. The van der Waals surface area contributed by atoms with Gasteiger partial charge in [-0.05, 0) is 41.3 Å². The molecule has 0 unspecified atom stereocenters. The fourth-order valence-electron chi connectivity index (χ4n) is 2.67. The van der Waals surface area contributed by atoms with Gasteiger partial charge in [-0.1, -0.05) is 32.9 Å². The monoisotopic (exact) mass is 347 g/mol. The fourth-order valence-corrected chi connectivity index (χ4v) is 2.67. The van der Waals surface area contributed by atoms with Gasteiger partial charge in [0.1, 0.15) is 0 Å². The Bertz CT molecular complexity index is 901. The lowest BCUT2D eigenvalue weighted by Crippen LogP contribution is -2.10. The first-order valence-corrected chi connectivity index (χ1v) is 7.97. The molecule has 3 nitrogen and oxygen atoms in total. The van der Waals surface area contributed by atoms with Crippen LogP contribution in [0.3, 0.4) is 0 Å². The van der Waals surface area contributed by atoms with Gasteiger partial charge >= 0.3 is 6.18 Å². The number of rotatable bonds is 2. The lowest BCUT2D eigenvalue weighted by atomic mass is 9.87. The second-order valence-corrected chi connectivity index (χ2v) is 7.15. The van der Waals surface area contributed by atoms with Crippen molar-refractivity contribution in [3.63, 3.8) is 0 Å². The third-order valence-corrected chi connectivity index (χ3v) is 4.22. The van der Waals surface area contributed by atoms with Gasteiger partial charge < -0.3 is 9.88 Å². The van der Waals surface area contributed by atoms with E-state index in [1.54, 1.807) is 11.6 Å². The van der Waals surface area contributed by atoms with Gasteiger partial charge in [0.15, 0.2) is 0 Å². The molecule has 132 valence electrons. The van der Waals surface area contributed by atoms with Crippen molar-refractivity contribution in [2.75, 3.05) is 5.32 Å². The Balaban J connectivity index is 1.92. The predicted octanol–water partition coefficient (Wildman–Crippen LogP) is 5.63. The maximum Gasteiger partial charge on any atom is 0.416 e. The van der Waals surface area contributed by atoms with Crippen molar-refractivity contribution in [1.29, 1.82) is 0 Å². The SMILES string of the molecule is Cn1c(Nc2ccc(C(C)(C)C)cc2)nc2cc(C(F)(F)F)ccc21. The van der Waals surface area contributed by atoms with Crippen LogP contribution < -0.4 is 5.32 Å². The first kappa shape index (κ1) is 17.3. The van der Waals surface area contributed by atoms with Crippen molar-refractivity contribution >= 4 is 22.7 Å². The molecular weight excluding hydrogens is 327 g/mol. The molecule has 3 aromatic rings. The number of halogens is 3. The number of anilines is 2. The van der Waals surface area contributed by atoms with Crippen LogP contribution in [0.15, 0.2) is 42.5 Å². The van der Waals surface area contributed by atoms with Crippen molar-refractivity contribution < 1.29 is 13.2 Å². The average Bonchev–Trinajstić information content (AvgIpc) is 2.82. The molecule has 0 bridgehead atoms. The van der Waals surface area contributed by atoms with E-state index >= 15 is 0 Å². The van der Waals surface area contributed by atoms with Crippen molar-refractivity contribution in [3.05, 3.63) is 53.6 Å². The van der Waals surface area contributed by atoms with E-state index in [0.29, 0.717) is 17.0 Å². The van der Waals surface area contributed by atoms with Crippen LogP contribution in [0.2, 0.25) is 0 Å². The number of hydrogen-bond donors (Lipinski definition) is 1. The number of fused-ring (bicyclic) bond motifs is 1. The molecule has 1 heterocycles. The summed E-state index contributed by atoms with van der Waals surface area (Å²) in [5, 5.41) is 3.17. The van der Waals surface area contributed by atoms with Gasteiger partial charge in [0.2, 0.25) is 5.95 Å². The molecule has 0 aliphatic carbocycles. The van der Waals surface area contributed by atoms with Crippen LogP contribution in [0.25, 0.3) is 11.0 Å². The zero-order valence-electron chi connectivity index (χ0n) is 14.6. The molecule has 0 fully saturated rings. The number of nitrogens with one attached hydrogen (secondary N) is 1. The Morgan fingerprint density at radius 3 is 2.08 bits per heavy atom. The number of aromatic nitrogens is 2. The number of nitrogens with zero attached hydrogens (tertiary/aromatic N) is 2. The van der Waals surface area contributed by atoms with Crippen LogP contribution in [0.4, 0.5) is 24.8 Å². The highest BCUT2D eigenvalue weighted by atomic mass is 19.4. The summed E-state index contributed by atoms with van der Waals surface area (Å²) in [6, 6.07) is 11.6. The summed E-state index contributed by atoms with van der Waals surface area (Å²) in [5.74, 6) is 0.498. The first-order chi connectivity index (χ1) is 11.6. The maximum absolute atomic E-state index is 12.9. The molecular formula is C19H20F3N3. The van der Waals surface area contributed by atoms with Crippen LogP contribution in [0.5, 0.6) is 0 Å². The highest BCUT2D eigenvalue weighted by Crippen LogP contribution is 2.32. The molecule has 0 aliphatic rings. The van der Waals surface area contributed by atoms with Crippen LogP contribution >= 0.6 is 0 Å². The predicted molar refractivity (Wildman–Crippen MR) is 94.1 cm³/mol. The molecule has 0 spiro atoms. The summed E-state index contributed by atoms with van der Waals surface area (Å²) in [6.07, 6.45) is -4.37. The van der Waals surface area contributed by atoms with E-state index in [4.69, 9.17) is 0 Å². The quantitative estimate of drug-likeness (QED) is 0.651. The van der Waals surface area contributed by atoms with Crippen molar-refractivity contribution in [2.24, 2.45) is 7.05 Å². The molecule has 0 radical (unpaired) electrons. The van der Waals surface area contributed by atoms with Gasteiger partial charge in [-0.3, -0.25) is 0 Å². The van der Waals surface area contributed by atoms with Gasteiger partial charge in [-0.25, -0.2) is 4.98 Å². The second kappa shape index (κ2) is 5.79. The Morgan fingerprint density at radius 1 is 0.920 bits per heavy atom. The Labute approximate surface area is 144 Å². The van der Waals surface area contributed by atoms with E-state index in [9.17, 15) is 13.2 Å². The Hall–Kier alpha value is -2.50. The average molecular weight is 347 g/mol. The molecule has 3 rings (SSSR count). The summed E-state index contributed by atoms with van der Waals surface area (Å²) < 4.78 is 40.3. The molecule has 1 N–H and O–H groups in total. The topological polar surface area (TPSA) is 29.9 Å². The molecule has 0 saturated carbocycles. The van der Waals surface area contributed by atoms with Gasteiger partial charge in [-0.2, -0.15) is 13.2 Å². The summed E-state index contributed by atoms with van der Waals surface area (Å²) in [4.78, 5) is 4.30. The largest absolute Gasteiger partial charge is 0.416 e. The minimum Gasteiger partial charge on any atom is -0.326 e. The van der Waals surface area contributed by atoms with Gasteiger partial charge in [0.25, 0.3) is 0 Å². The highest BCUT2D eigenvalue weighted by Gasteiger charge is 2.31. The third kappa shape index (κ3) is 3.48. The first-order valence-electron chi connectivity index (χ1n) is 7.97. The van der Waals surface area contributed by atoms with Crippen molar-refractivity contribution in [3.8, 4) is 0 Å². The Morgan fingerprint density at radius 2 is 1.52 bits per heavy atom. The van der Waals surface area contributed by atoms with Crippen LogP contribution in [-0.4, -0.2) is 9.55 Å². The molecule has 6 heteroatoms. The van der Waals surface area contributed by atoms with Crippen molar-refractivity contribution in [1.82, 2.24) is 9.55 Å². The van der Waals surface area contributed by atoms with Crippen LogP contribution in [0, 0.1) is 0 Å². The van der Waals surface area contributed by atoms with E-state index < -0.39 is 11.7 Å². The van der Waals surface area contributed by atoms with E-state index in [-0.39, 0.29) is 5.41 Å². The van der Waals surface area contributed by atoms with E-state index in [1.165, 1.54) is 11.6 Å². The third-order valence-electron chi connectivity index (χ3n) is 4.22. The lowest BCUT2D eigenvalue weighted by molar-refractivity contribution is -0.137. The zero-order chi connectivity index (χ0) is 18.4. The van der Waals surface area contributed by atoms with Crippen LogP contribution in [0.1, 0.15) is 31.9 Å². The standard InChI is InChI=1S/C19H20F3N3/c1-18(2,3)12-5-8-14(9-6-12)23-17-24-15-11-13(19(20,21)22)7-10-16(15)25(17)4/h5-11H,1-4H3,(H,23,24). The molecule has 0 aliphatic heterocycles. The second-order valence-electron chi connectivity index (χ2n) is 7.15. The number of aryl methyl sites for hydroxylation is 1. The summed E-state index contributed by atoms with van der Waals surface area (Å²) in [5.41, 5.74) is 2.36. The highest BCUT2D eigenvalue weighted by molar-refractivity contribution is 5.80. The van der Waals surface area contributed by atoms with E-state index in [2.05, 4.69) is 31.1 Å². The summed E-state index contributed by atoms with van der Waals surface area (Å²) >= 11 is 0. The van der Waals surface area contributed by atoms with E-state index in [0.717, 1.165) is 17.8 Å². The number of imidazole rings is 1. The number of benzene rings is 2. The summed E-state index contributed by atoms with van der Waals surface area (Å²) in [6.45, 7) is 6.41. The minimum absolute atomic E-state index is 0.0600. The molecule has 0 amide bonds. The molecule has 1 aromatic heterocycles. The molecule has 25 heavy (non-hydrogen) atoms. The van der Waals surface area contributed by atoms with Gasteiger partial charge in [-0.15, -0.1) is 0 Å². The van der Waals surface area contributed by atoms with E-state index in [1.807, 2.05) is 24.3 Å². The molecule has 0 saturated heterocycles. The number of alkyl halides is 3. The maximum atomic E-state index is 12.9. The molecule has 2 aromatic carbocycles. The van der Waals surface area contributed by atoms with Gasteiger partial charge in [0, 0.05) is 12.7 Å². The lowest BCUT2D eigenvalue weighted by Gasteiger charge is -2.19. The fraction of sp³-hybridized carbons (Fsp3) is 0.316. The zero-order valence-corrected chi connectivity index (χ0v) is 14.6. The van der Waals surface area contributed by atoms with Crippen LogP contribution in [-0.2, 0) is 18.6 Å². The van der Waals surface area contributed by atoms with Crippen molar-refractivity contribution in [2.45, 2.75) is 32.4 Å². The smallest absolute Gasteiger partial charge is 0.326 e. The van der Waals surface area contributed by atoms with Gasteiger partial charge in [0.05, 0.1) is 16.6 Å². The minimum atomic E-state index is -4.37. The summed E-state index contributed by atoms with van der Waals surface area (Å²) in [7, 11) is 1.77. The molecule has 0 atom stereocenters. The normalized spacial score (nSPS) is 12.6.